The first-order valence-corrected chi connectivity index (χ1v) is 8.48. The minimum atomic E-state index is 0.514. The lowest BCUT2D eigenvalue weighted by molar-refractivity contribution is 0.831. The molecule has 0 saturated heterocycles. The lowest BCUT2D eigenvalue weighted by Crippen LogP contribution is -2.08. The number of para-hydroxylation sites is 1. The van der Waals surface area contributed by atoms with Crippen LogP contribution in [0.5, 0.6) is 0 Å². The van der Waals surface area contributed by atoms with Crippen molar-refractivity contribution in [1.82, 2.24) is 15.0 Å². The summed E-state index contributed by atoms with van der Waals surface area (Å²) < 4.78 is 1.14. The van der Waals surface area contributed by atoms with Crippen molar-refractivity contribution >= 4 is 44.0 Å². The highest BCUT2D eigenvalue weighted by Crippen LogP contribution is 2.32. The number of thiazole rings is 1. The van der Waals surface area contributed by atoms with Crippen LogP contribution in [0.4, 0.5) is 22.5 Å². The molecule has 0 saturated carbocycles. The highest BCUT2D eigenvalue weighted by molar-refractivity contribution is 7.22. The van der Waals surface area contributed by atoms with Crippen molar-refractivity contribution in [3.8, 4) is 0 Å². The minimum Gasteiger partial charge on any atom is -0.393 e. The van der Waals surface area contributed by atoms with Gasteiger partial charge in [0.15, 0.2) is 16.8 Å². The fourth-order valence-electron chi connectivity index (χ4n) is 2.26. The molecule has 0 fully saturated rings. The number of nitrogens with two attached hydrogens (primary N) is 1. The quantitative estimate of drug-likeness (QED) is 0.594. The number of hydrogen-bond acceptors (Lipinski definition) is 7. The Morgan fingerprint density at radius 2 is 2.04 bits per heavy atom. The highest BCUT2D eigenvalue weighted by Gasteiger charge is 2.11. The Bertz CT molecular complexity index is 813. The van der Waals surface area contributed by atoms with Crippen LogP contribution in [0.15, 0.2) is 24.5 Å². The zero-order valence-corrected chi connectivity index (χ0v) is 14.1. The average molecular weight is 328 g/mol. The van der Waals surface area contributed by atoms with Crippen LogP contribution in [0.1, 0.15) is 25.3 Å². The number of hydrogen-bond donors (Lipinski definition) is 3. The van der Waals surface area contributed by atoms with E-state index in [1.807, 2.05) is 6.07 Å². The molecular formula is C16H20N6S. The predicted molar refractivity (Wildman–Crippen MR) is 97.5 cm³/mol. The van der Waals surface area contributed by atoms with Gasteiger partial charge < -0.3 is 16.4 Å². The van der Waals surface area contributed by atoms with Gasteiger partial charge in [-0.3, -0.25) is 0 Å². The number of anilines is 4. The molecule has 0 atom stereocenters. The smallest absolute Gasteiger partial charge is 0.189 e. The summed E-state index contributed by atoms with van der Waals surface area (Å²) in [6.07, 6.45) is 3.70. The number of nitrogen functional groups attached to an aromatic ring is 1. The SMILES string of the molecule is CCCCNc1ncnc(Nc2nc3c(C)cccc3s2)c1N. The van der Waals surface area contributed by atoms with Gasteiger partial charge in [0.2, 0.25) is 0 Å². The highest BCUT2D eigenvalue weighted by atomic mass is 32.1. The number of unbranched alkanes of at least 4 members (excludes halogenated alkanes) is 1. The number of nitrogens with one attached hydrogen (secondary N) is 2. The van der Waals surface area contributed by atoms with E-state index < -0.39 is 0 Å². The Morgan fingerprint density at radius 3 is 2.83 bits per heavy atom. The Balaban J connectivity index is 1.84. The van der Waals surface area contributed by atoms with E-state index in [9.17, 15) is 0 Å². The second-order valence-electron chi connectivity index (χ2n) is 5.33. The third-order valence-corrected chi connectivity index (χ3v) is 4.49. The normalized spacial score (nSPS) is 10.9. The molecule has 0 amide bonds. The third kappa shape index (κ3) is 3.34. The second kappa shape index (κ2) is 6.78. The van der Waals surface area contributed by atoms with Crippen molar-refractivity contribution in [1.29, 1.82) is 0 Å². The van der Waals surface area contributed by atoms with Crippen LogP contribution in [-0.2, 0) is 0 Å². The molecule has 2 heterocycles. The summed E-state index contributed by atoms with van der Waals surface area (Å²) in [4.78, 5) is 13.1. The van der Waals surface area contributed by atoms with Crippen molar-refractivity contribution < 1.29 is 0 Å². The van der Waals surface area contributed by atoms with Gasteiger partial charge in [-0.2, -0.15) is 0 Å². The monoisotopic (exact) mass is 328 g/mol. The van der Waals surface area contributed by atoms with Crippen molar-refractivity contribution in [2.75, 3.05) is 22.9 Å². The maximum Gasteiger partial charge on any atom is 0.189 e. The Hall–Kier alpha value is -2.41. The average Bonchev–Trinajstić information content (AvgIpc) is 2.95. The molecule has 0 unspecified atom stereocenters. The number of benzene rings is 1. The molecule has 0 spiro atoms. The zero-order chi connectivity index (χ0) is 16.2. The molecule has 2 aromatic heterocycles. The first-order chi connectivity index (χ1) is 11.2. The van der Waals surface area contributed by atoms with Crippen LogP contribution in [0.2, 0.25) is 0 Å². The van der Waals surface area contributed by atoms with Crippen molar-refractivity contribution in [3.63, 3.8) is 0 Å². The summed E-state index contributed by atoms with van der Waals surface area (Å²) in [7, 11) is 0. The minimum absolute atomic E-state index is 0.514. The van der Waals surface area contributed by atoms with Crippen LogP contribution >= 0.6 is 11.3 Å². The van der Waals surface area contributed by atoms with Crippen molar-refractivity contribution in [2.24, 2.45) is 0 Å². The maximum atomic E-state index is 6.16. The summed E-state index contributed by atoms with van der Waals surface area (Å²) in [5.74, 6) is 1.24. The molecule has 1 aromatic carbocycles. The van der Waals surface area contributed by atoms with E-state index in [0.29, 0.717) is 17.3 Å². The third-order valence-electron chi connectivity index (χ3n) is 3.55. The molecule has 0 bridgehead atoms. The van der Waals surface area contributed by atoms with E-state index in [1.165, 1.54) is 6.33 Å². The molecule has 0 aliphatic rings. The molecule has 3 rings (SSSR count). The standard InChI is InChI=1S/C16H20N6S/c1-3-4-8-18-14-12(17)15(20-9-19-14)22-16-21-13-10(2)6-5-7-11(13)23-16/h5-7,9H,3-4,8,17H2,1-2H3,(H2,18,19,20,21,22). The van der Waals surface area contributed by atoms with Crippen LogP contribution < -0.4 is 16.4 Å². The predicted octanol–water partition coefficient (Wildman–Crippen LogP) is 3.93. The van der Waals surface area contributed by atoms with E-state index in [0.717, 1.165) is 40.3 Å². The Kier molecular flexibility index (Phi) is 4.57. The lowest BCUT2D eigenvalue weighted by atomic mass is 10.2. The summed E-state index contributed by atoms with van der Waals surface area (Å²) >= 11 is 1.58. The van der Waals surface area contributed by atoms with E-state index in [-0.39, 0.29) is 0 Å². The van der Waals surface area contributed by atoms with Crippen molar-refractivity contribution in [2.45, 2.75) is 26.7 Å². The summed E-state index contributed by atoms with van der Waals surface area (Å²) in [5, 5.41) is 7.23. The molecule has 6 nitrogen and oxygen atoms in total. The molecule has 23 heavy (non-hydrogen) atoms. The molecule has 7 heteroatoms. The molecule has 120 valence electrons. The van der Waals surface area contributed by atoms with Gasteiger partial charge in [0.05, 0.1) is 10.2 Å². The summed E-state index contributed by atoms with van der Waals surface area (Å²) in [6, 6.07) is 6.15. The summed E-state index contributed by atoms with van der Waals surface area (Å²) in [5.41, 5.74) is 8.84. The van der Waals surface area contributed by atoms with Crippen LogP contribution in [0.25, 0.3) is 10.2 Å². The van der Waals surface area contributed by atoms with Gasteiger partial charge in [0, 0.05) is 6.54 Å². The molecule has 0 aliphatic heterocycles. The zero-order valence-electron chi connectivity index (χ0n) is 13.3. The first kappa shape index (κ1) is 15.5. The number of nitrogens with zero attached hydrogens (tertiary/aromatic N) is 3. The number of aryl methyl sites for hydroxylation is 1. The largest absolute Gasteiger partial charge is 0.393 e. The van der Waals surface area contributed by atoms with E-state index in [4.69, 9.17) is 5.73 Å². The fourth-order valence-corrected chi connectivity index (χ4v) is 3.20. The van der Waals surface area contributed by atoms with Crippen molar-refractivity contribution in [3.05, 3.63) is 30.1 Å². The fraction of sp³-hybridized carbons (Fsp3) is 0.312. The van der Waals surface area contributed by atoms with Crippen LogP contribution in [-0.4, -0.2) is 21.5 Å². The van der Waals surface area contributed by atoms with Gasteiger partial charge in [-0.05, 0) is 25.0 Å². The van der Waals surface area contributed by atoms with Gasteiger partial charge in [-0.25, -0.2) is 15.0 Å². The van der Waals surface area contributed by atoms with E-state index in [1.54, 1.807) is 11.3 Å². The molecule has 0 radical (unpaired) electrons. The molecule has 0 aliphatic carbocycles. The lowest BCUT2D eigenvalue weighted by Gasteiger charge is -2.10. The van der Waals surface area contributed by atoms with E-state index in [2.05, 4.69) is 51.6 Å². The van der Waals surface area contributed by atoms with Crippen LogP contribution in [0, 0.1) is 6.92 Å². The summed E-state index contributed by atoms with van der Waals surface area (Å²) in [6.45, 7) is 5.05. The number of aromatic nitrogens is 3. The number of rotatable bonds is 6. The molecule has 3 aromatic rings. The van der Waals surface area contributed by atoms with Gasteiger partial charge in [-0.15, -0.1) is 0 Å². The van der Waals surface area contributed by atoms with Gasteiger partial charge >= 0.3 is 0 Å². The first-order valence-electron chi connectivity index (χ1n) is 7.66. The Morgan fingerprint density at radius 1 is 1.22 bits per heavy atom. The topological polar surface area (TPSA) is 88.8 Å². The van der Waals surface area contributed by atoms with Gasteiger partial charge in [0.1, 0.15) is 12.0 Å². The molecular weight excluding hydrogens is 308 g/mol. The van der Waals surface area contributed by atoms with Gasteiger partial charge in [-0.1, -0.05) is 36.8 Å². The molecule has 4 N–H and O–H groups in total. The van der Waals surface area contributed by atoms with Gasteiger partial charge in [0.25, 0.3) is 0 Å². The Labute approximate surface area is 139 Å². The number of fused-ring (bicyclic) bond motifs is 1. The van der Waals surface area contributed by atoms with Crippen LogP contribution in [0.3, 0.4) is 0 Å². The second-order valence-corrected chi connectivity index (χ2v) is 6.36. The van der Waals surface area contributed by atoms with E-state index >= 15 is 0 Å². The maximum absolute atomic E-state index is 6.16.